The normalized spacial score (nSPS) is 11.8. The number of primary sulfonamides is 1. The van der Waals surface area contributed by atoms with E-state index in [0.717, 1.165) is 5.69 Å². The lowest BCUT2D eigenvalue weighted by Gasteiger charge is -2.29. The fraction of sp³-hybridized carbons (Fsp3) is 0.500. The van der Waals surface area contributed by atoms with Crippen LogP contribution in [0.2, 0.25) is 0 Å². The monoisotopic (exact) mass is 287 g/mol. The third-order valence-electron chi connectivity index (χ3n) is 2.73. The molecule has 19 heavy (non-hydrogen) atoms. The minimum absolute atomic E-state index is 0.0190. The SMILES string of the molecule is COCCN(c1cc(N)cc(S(N)(=O)=O)c1)C(C)C. The molecule has 0 atom stereocenters. The Balaban J connectivity index is 3.20. The molecule has 0 aliphatic heterocycles. The highest BCUT2D eigenvalue weighted by Gasteiger charge is 2.15. The number of anilines is 2. The van der Waals surface area contributed by atoms with Crippen LogP contribution in [-0.2, 0) is 14.8 Å². The zero-order valence-corrected chi connectivity index (χ0v) is 12.3. The first-order chi connectivity index (χ1) is 8.75. The van der Waals surface area contributed by atoms with Gasteiger partial charge in [-0.05, 0) is 32.0 Å². The summed E-state index contributed by atoms with van der Waals surface area (Å²) in [5.41, 5.74) is 6.83. The lowest BCUT2D eigenvalue weighted by atomic mass is 10.2. The van der Waals surface area contributed by atoms with Gasteiger partial charge in [-0.1, -0.05) is 0 Å². The maximum Gasteiger partial charge on any atom is 0.238 e. The molecule has 0 saturated heterocycles. The first-order valence-corrected chi connectivity index (χ1v) is 7.49. The van der Waals surface area contributed by atoms with E-state index in [0.29, 0.717) is 18.8 Å². The number of ether oxygens (including phenoxy) is 1. The highest BCUT2D eigenvalue weighted by molar-refractivity contribution is 7.89. The van der Waals surface area contributed by atoms with Crippen molar-refractivity contribution in [2.24, 2.45) is 5.14 Å². The predicted molar refractivity (Wildman–Crippen MR) is 76.6 cm³/mol. The second-order valence-electron chi connectivity index (χ2n) is 4.59. The molecule has 0 spiro atoms. The van der Waals surface area contributed by atoms with Gasteiger partial charge in [-0.2, -0.15) is 0 Å². The maximum absolute atomic E-state index is 11.4. The molecule has 1 aromatic carbocycles. The van der Waals surface area contributed by atoms with Crippen molar-refractivity contribution in [1.29, 1.82) is 0 Å². The molecule has 0 unspecified atom stereocenters. The second-order valence-corrected chi connectivity index (χ2v) is 6.15. The van der Waals surface area contributed by atoms with E-state index in [9.17, 15) is 8.42 Å². The molecule has 0 saturated carbocycles. The van der Waals surface area contributed by atoms with Crippen LogP contribution in [0.15, 0.2) is 23.1 Å². The van der Waals surface area contributed by atoms with Gasteiger partial charge in [-0.25, -0.2) is 13.6 Å². The largest absolute Gasteiger partial charge is 0.399 e. The van der Waals surface area contributed by atoms with Crippen LogP contribution in [0.4, 0.5) is 11.4 Å². The molecule has 0 aromatic heterocycles. The van der Waals surface area contributed by atoms with E-state index < -0.39 is 10.0 Å². The second kappa shape index (κ2) is 6.23. The Morgan fingerprint density at radius 2 is 1.95 bits per heavy atom. The van der Waals surface area contributed by atoms with Crippen LogP contribution >= 0.6 is 0 Å². The molecule has 0 bridgehead atoms. The van der Waals surface area contributed by atoms with Crippen molar-refractivity contribution < 1.29 is 13.2 Å². The number of benzene rings is 1. The number of nitrogen functional groups attached to an aromatic ring is 1. The molecule has 0 amide bonds. The molecule has 0 aliphatic carbocycles. The van der Waals surface area contributed by atoms with Crippen molar-refractivity contribution in [3.8, 4) is 0 Å². The molecule has 1 aromatic rings. The van der Waals surface area contributed by atoms with Crippen molar-refractivity contribution in [3.05, 3.63) is 18.2 Å². The minimum Gasteiger partial charge on any atom is -0.399 e. The third-order valence-corrected chi connectivity index (χ3v) is 3.63. The molecule has 6 nitrogen and oxygen atoms in total. The quantitative estimate of drug-likeness (QED) is 0.753. The third kappa shape index (κ3) is 4.38. The summed E-state index contributed by atoms with van der Waals surface area (Å²) in [6, 6.07) is 4.80. The number of sulfonamides is 1. The van der Waals surface area contributed by atoms with Gasteiger partial charge in [0.05, 0.1) is 11.5 Å². The standard InChI is InChI=1S/C12H21N3O3S/c1-9(2)15(4-5-18-3)11-6-10(13)7-12(8-11)19(14,16)17/h6-9H,4-5,13H2,1-3H3,(H2,14,16,17). The Morgan fingerprint density at radius 3 is 2.42 bits per heavy atom. The van der Waals surface area contributed by atoms with E-state index in [-0.39, 0.29) is 10.9 Å². The number of nitrogens with zero attached hydrogens (tertiary/aromatic N) is 1. The number of methoxy groups -OCH3 is 1. The zero-order chi connectivity index (χ0) is 14.6. The average molecular weight is 287 g/mol. The van der Waals surface area contributed by atoms with Crippen LogP contribution in [0.3, 0.4) is 0 Å². The van der Waals surface area contributed by atoms with Crippen LogP contribution < -0.4 is 15.8 Å². The van der Waals surface area contributed by atoms with Crippen LogP contribution in [0.1, 0.15) is 13.8 Å². The Labute approximate surface area is 114 Å². The number of rotatable bonds is 6. The van der Waals surface area contributed by atoms with Gasteiger partial charge >= 0.3 is 0 Å². The predicted octanol–water partition coefficient (Wildman–Crippen LogP) is 0.777. The van der Waals surface area contributed by atoms with Gasteiger partial charge in [-0.3, -0.25) is 0 Å². The molecule has 0 radical (unpaired) electrons. The first-order valence-electron chi connectivity index (χ1n) is 5.94. The summed E-state index contributed by atoms with van der Waals surface area (Å²) in [7, 11) is -2.15. The molecule has 108 valence electrons. The molecule has 0 heterocycles. The number of hydrogen-bond donors (Lipinski definition) is 2. The minimum atomic E-state index is -3.77. The van der Waals surface area contributed by atoms with Crippen molar-refractivity contribution in [2.45, 2.75) is 24.8 Å². The van der Waals surface area contributed by atoms with Crippen molar-refractivity contribution in [3.63, 3.8) is 0 Å². The van der Waals surface area contributed by atoms with Crippen LogP contribution in [0, 0.1) is 0 Å². The van der Waals surface area contributed by atoms with Crippen molar-refractivity contribution in [2.75, 3.05) is 30.9 Å². The van der Waals surface area contributed by atoms with E-state index in [1.807, 2.05) is 18.7 Å². The van der Waals surface area contributed by atoms with E-state index in [1.54, 1.807) is 13.2 Å². The van der Waals surface area contributed by atoms with Crippen molar-refractivity contribution in [1.82, 2.24) is 0 Å². The summed E-state index contributed by atoms with van der Waals surface area (Å²) in [4.78, 5) is 2.03. The molecular weight excluding hydrogens is 266 g/mol. The fourth-order valence-corrected chi connectivity index (χ4v) is 2.40. The summed E-state index contributed by atoms with van der Waals surface area (Å²) in [6.07, 6.45) is 0. The molecule has 7 heteroatoms. The molecule has 0 fully saturated rings. The van der Waals surface area contributed by atoms with Crippen LogP contribution in [0.25, 0.3) is 0 Å². The van der Waals surface area contributed by atoms with E-state index in [4.69, 9.17) is 15.6 Å². The number of nitrogens with two attached hydrogens (primary N) is 2. The smallest absolute Gasteiger partial charge is 0.238 e. The summed E-state index contributed by atoms with van der Waals surface area (Å²) in [5, 5.41) is 5.14. The van der Waals surface area contributed by atoms with Crippen LogP contribution in [-0.4, -0.2) is 34.7 Å². The summed E-state index contributed by atoms with van der Waals surface area (Å²) < 4.78 is 27.9. The lowest BCUT2D eigenvalue weighted by Crippen LogP contribution is -2.34. The fourth-order valence-electron chi connectivity index (χ4n) is 1.81. The topological polar surface area (TPSA) is 98.7 Å². The molecule has 4 N–H and O–H groups in total. The van der Waals surface area contributed by atoms with E-state index in [2.05, 4.69) is 0 Å². The molecule has 1 rings (SSSR count). The van der Waals surface area contributed by atoms with E-state index in [1.165, 1.54) is 12.1 Å². The summed E-state index contributed by atoms with van der Waals surface area (Å²) >= 11 is 0. The van der Waals surface area contributed by atoms with Gasteiger partial charge < -0.3 is 15.4 Å². The van der Waals surface area contributed by atoms with Crippen LogP contribution in [0.5, 0.6) is 0 Å². The number of hydrogen-bond acceptors (Lipinski definition) is 5. The van der Waals surface area contributed by atoms with Gasteiger partial charge in [0.1, 0.15) is 0 Å². The molecular formula is C12H21N3O3S. The summed E-state index contributed by atoms with van der Waals surface area (Å²) in [6.45, 7) is 5.20. The zero-order valence-electron chi connectivity index (χ0n) is 11.5. The first kappa shape index (κ1) is 15.7. The summed E-state index contributed by atoms with van der Waals surface area (Å²) in [5.74, 6) is 0. The maximum atomic E-state index is 11.4. The van der Waals surface area contributed by atoms with E-state index >= 15 is 0 Å². The Kier molecular flexibility index (Phi) is 5.16. The van der Waals surface area contributed by atoms with Gasteiger partial charge in [0.25, 0.3) is 0 Å². The Bertz CT molecular complexity index is 529. The van der Waals surface area contributed by atoms with Gasteiger partial charge in [-0.15, -0.1) is 0 Å². The highest BCUT2D eigenvalue weighted by atomic mass is 32.2. The lowest BCUT2D eigenvalue weighted by molar-refractivity contribution is 0.204. The highest BCUT2D eigenvalue weighted by Crippen LogP contribution is 2.24. The van der Waals surface area contributed by atoms with Gasteiger partial charge in [0.15, 0.2) is 0 Å². The average Bonchev–Trinajstić information content (AvgIpc) is 2.27. The molecule has 0 aliphatic rings. The Hall–Kier alpha value is -1.31. The van der Waals surface area contributed by atoms with Gasteiger partial charge in [0, 0.05) is 31.1 Å². The Morgan fingerprint density at radius 1 is 1.32 bits per heavy atom. The van der Waals surface area contributed by atoms with Gasteiger partial charge in [0.2, 0.25) is 10.0 Å². The van der Waals surface area contributed by atoms with Crippen molar-refractivity contribution >= 4 is 21.4 Å².